The van der Waals surface area contributed by atoms with Crippen LogP contribution in [0.4, 0.5) is 0 Å². The molecule has 0 aliphatic carbocycles. The standard InChI is InChI=1S/C12H26N2O2/c1-10(11(15)16-12(2,3)4)14(7)9-8-13(5)6/h10H,8-9H2,1-7H3. The van der Waals surface area contributed by atoms with Crippen LogP contribution in [0, 0.1) is 0 Å². The number of likely N-dealkylation sites (N-methyl/N-ethyl adjacent to an activating group) is 2. The predicted octanol–water partition coefficient (Wildman–Crippen LogP) is 1.21. The molecule has 0 aromatic rings. The van der Waals surface area contributed by atoms with Gasteiger partial charge in [-0.2, -0.15) is 0 Å². The molecule has 0 aromatic carbocycles. The van der Waals surface area contributed by atoms with Gasteiger partial charge in [0.15, 0.2) is 0 Å². The van der Waals surface area contributed by atoms with E-state index in [1.165, 1.54) is 0 Å². The lowest BCUT2D eigenvalue weighted by atomic mass is 10.2. The summed E-state index contributed by atoms with van der Waals surface area (Å²) >= 11 is 0. The van der Waals surface area contributed by atoms with Crippen molar-refractivity contribution in [1.82, 2.24) is 9.80 Å². The molecule has 0 saturated heterocycles. The van der Waals surface area contributed by atoms with Gasteiger partial charge in [-0.05, 0) is 48.8 Å². The van der Waals surface area contributed by atoms with Crippen molar-refractivity contribution in [2.75, 3.05) is 34.2 Å². The van der Waals surface area contributed by atoms with Crippen molar-refractivity contribution in [3.63, 3.8) is 0 Å². The van der Waals surface area contributed by atoms with Crippen LogP contribution in [0.2, 0.25) is 0 Å². The smallest absolute Gasteiger partial charge is 0.323 e. The Bertz CT molecular complexity index is 222. The first-order valence-corrected chi connectivity index (χ1v) is 5.71. The Labute approximate surface area is 99.5 Å². The molecule has 0 N–H and O–H groups in total. The Kier molecular flexibility index (Phi) is 5.97. The third kappa shape index (κ3) is 6.80. The molecule has 16 heavy (non-hydrogen) atoms. The summed E-state index contributed by atoms with van der Waals surface area (Å²) in [6.45, 7) is 9.33. The number of nitrogens with zero attached hydrogens (tertiary/aromatic N) is 2. The number of esters is 1. The van der Waals surface area contributed by atoms with Crippen LogP contribution in [0.1, 0.15) is 27.7 Å². The van der Waals surface area contributed by atoms with E-state index in [4.69, 9.17) is 4.74 Å². The molecule has 4 nitrogen and oxygen atoms in total. The average Bonchev–Trinajstić information content (AvgIpc) is 2.10. The molecule has 1 unspecified atom stereocenters. The van der Waals surface area contributed by atoms with Gasteiger partial charge in [0, 0.05) is 13.1 Å². The maximum atomic E-state index is 11.8. The van der Waals surface area contributed by atoms with E-state index in [2.05, 4.69) is 4.90 Å². The highest BCUT2D eigenvalue weighted by molar-refractivity contribution is 5.75. The Morgan fingerprint density at radius 2 is 1.69 bits per heavy atom. The summed E-state index contributed by atoms with van der Waals surface area (Å²) in [6.07, 6.45) is 0. The van der Waals surface area contributed by atoms with E-state index < -0.39 is 5.60 Å². The Morgan fingerprint density at radius 3 is 2.06 bits per heavy atom. The van der Waals surface area contributed by atoms with Crippen LogP contribution in [0.25, 0.3) is 0 Å². The monoisotopic (exact) mass is 230 g/mol. The first-order chi connectivity index (χ1) is 7.13. The van der Waals surface area contributed by atoms with Gasteiger partial charge in [-0.15, -0.1) is 0 Å². The van der Waals surface area contributed by atoms with Crippen LogP contribution in [0.15, 0.2) is 0 Å². The van der Waals surface area contributed by atoms with Gasteiger partial charge in [-0.25, -0.2) is 0 Å². The Morgan fingerprint density at radius 1 is 1.19 bits per heavy atom. The molecule has 0 radical (unpaired) electrons. The minimum absolute atomic E-state index is 0.159. The zero-order valence-corrected chi connectivity index (χ0v) is 11.7. The molecule has 0 rings (SSSR count). The summed E-state index contributed by atoms with van der Waals surface area (Å²) in [5.41, 5.74) is -0.409. The van der Waals surface area contributed by atoms with Gasteiger partial charge in [-0.1, -0.05) is 0 Å². The summed E-state index contributed by atoms with van der Waals surface area (Å²) in [6, 6.07) is -0.195. The zero-order chi connectivity index (χ0) is 12.9. The number of carbonyl (C=O) groups excluding carboxylic acids is 1. The SMILES string of the molecule is CC(C(=O)OC(C)(C)C)N(C)CCN(C)C. The molecule has 96 valence electrons. The maximum absolute atomic E-state index is 11.8. The normalized spacial score (nSPS) is 14.3. The van der Waals surface area contributed by atoms with E-state index in [1.54, 1.807) is 0 Å². The van der Waals surface area contributed by atoms with Gasteiger partial charge in [0.05, 0.1) is 0 Å². The topological polar surface area (TPSA) is 32.8 Å². The fourth-order valence-electron chi connectivity index (χ4n) is 1.12. The highest BCUT2D eigenvalue weighted by Gasteiger charge is 2.24. The summed E-state index contributed by atoms with van der Waals surface area (Å²) in [7, 11) is 5.98. The van der Waals surface area contributed by atoms with Gasteiger partial charge in [0.25, 0.3) is 0 Å². The molecule has 0 aliphatic heterocycles. The molecule has 4 heteroatoms. The quantitative estimate of drug-likeness (QED) is 0.665. The Balaban J connectivity index is 4.12. The summed E-state index contributed by atoms with van der Waals surface area (Å²) in [5, 5.41) is 0. The fourth-order valence-corrected chi connectivity index (χ4v) is 1.12. The van der Waals surface area contributed by atoms with Crippen LogP contribution in [-0.2, 0) is 9.53 Å². The van der Waals surface area contributed by atoms with Crippen LogP contribution in [0.5, 0.6) is 0 Å². The molecule has 0 fully saturated rings. The molecule has 0 amide bonds. The molecule has 0 aromatic heterocycles. The summed E-state index contributed by atoms with van der Waals surface area (Å²) < 4.78 is 5.33. The van der Waals surface area contributed by atoms with E-state index >= 15 is 0 Å². The molecule has 0 bridgehead atoms. The number of rotatable bonds is 5. The van der Waals surface area contributed by atoms with Crippen molar-refractivity contribution in [3.05, 3.63) is 0 Å². The molecule has 0 aliphatic rings. The van der Waals surface area contributed by atoms with Crippen molar-refractivity contribution >= 4 is 5.97 Å². The van der Waals surface area contributed by atoms with Gasteiger partial charge in [-0.3, -0.25) is 9.69 Å². The number of hydrogen-bond acceptors (Lipinski definition) is 4. The van der Waals surface area contributed by atoms with E-state index in [9.17, 15) is 4.79 Å². The van der Waals surface area contributed by atoms with Crippen LogP contribution in [0.3, 0.4) is 0 Å². The van der Waals surface area contributed by atoms with Crippen LogP contribution < -0.4 is 0 Å². The zero-order valence-electron chi connectivity index (χ0n) is 11.7. The number of hydrogen-bond donors (Lipinski definition) is 0. The molecule has 0 saturated carbocycles. The van der Waals surface area contributed by atoms with Crippen molar-refractivity contribution in [3.8, 4) is 0 Å². The van der Waals surface area contributed by atoms with Gasteiger partial charge in [0.1, 0.15) is 11.6 Å². The predicted molar refractivity (Wildman–Crippen MR) is 66.5 cm³/mol. The van der Waals surface area contributed by atoms with Gasteiger partial charge in [0.2, 0.25) is 0 Å². The maximum Gasteiger partial charge on any atom is 0.323 e. The van der Waals surface area contributed by atoms with Crippen molar-refractivity contribution in [2.24, 2.45) is 0 Å². The molecule has 0 heterocycles. The number of ether oxygens (including phenoxy) is 1. The van der Waals surface area contributed by atoms with Crippen molar-refractivity contribution in [1.29, 1.82) is 0 Å². The Hall–Kier alpha value is -0.610. The molecule has 1 atom stereocenters. The van der Waals surface area contributed by atoms with Crippen molar-refractivity contribution < 1.29 is 9.53 Å². The van der Waals surface area contributed by atoms with Crippen molar-refractivity contribution in [2.45, 2.75) is 39.3 Å². The van der Waals surface area contributed by atoms with Gasteiger partial charge < -0.3 is 9.64 Å². The first-order valence-electron chi connectivity index (χ1n) is 5.71. The highest BCUT2D eigenvalue weighted by Crippen LogP contribution is 2.10. The first kappa shape index (κ1) is 15.4. The van der Waals surface area contributed by atoms with E-state index in [-0.39, 0.29) is 12.0 Å². The molecular formula is C12H26N2O2. The second kappa shape index (κ2) is 6.21. The minimum atomic E-state index is -0.409. The van der Waals surface area contributed by atoms with E-state index in [1.807, 2.05) is 53.7 Å². The largest absolute Gasteiger partial charge is 0.459 e. The van der Waals surface area contributed by atoms with E-state index in [0.29, 0.717) is 0 Å². The average molecular weight is 230 g/mol. The fraction of sp³-hybridized carbons (Fsp3) is 0.917. The highest BCUT2D eigenvalue weighted by atomic mass is 16.6. The lowest BCUT2D eigenvalue weighted by Gasteiger charge is -2.28. The van der Waals surface area contributed by atoms with E-state index in [0.717, 1.165) is 13.1 Å². The third-order valence-electron chi connectivity index (χ3n) is 2.31. The lowest BCUT2D eigenvalue weighted by molar-refractivity contribution is -0.160. The lowest BCUT2D eigenvalue weighted by Crippen LogP contribution is -2.42. The van der Waals surface area contributed by atoms with Gasteiger partial charge >= 0.3 is 5.97 Å². The third-order valence-corrected chi connectivity index (χ3v) is 2.31. The summed E-state index contributed by atoms with van der Waals surface area (Å²) in [5.74, 6) is -0.159. The molecule has 0 spiro atoms. The summed E-state index contributed by atoms with van der Waals surface area (Å²) in [4.78, 5) is 15.9. The second-order valence-corrected chi connectivity index (χ2v) is 5.49. The minimum Gasteiger partial charge on any atom is -0.459 e. The van der Waals surface area contributed by atoms with Crippen LogP contribution >= 0.6 is 0 Å². The number of carbonyl (C=O) groups is 1. The molecular weight excluding hydrogens is 204 g/mol. The second-order valence-electron chi connectivity index (χ2n) is 5.49. The van der Waals surface area contributed by atoms with Crippen LogP contribution in [-0.4, -0.2) is 61.6 Å².